The largest absolute Gasteiger partial charge is 0.379 e. The predicted octanol–water partition coefficient (Wildman–Crippen LogP) is 1.08. The van der Waals surface area contributed by atoms with Crippen LogP contribution in [0.2, 0.25) is 0 Å². The lowest BCUT2D eigenvalue weighted by Crippen LogP contribution is -2.35. The van der Waals surface area contributed by atoms with Crippen molar-refractivity contribution in [2.75, 3.05) is 13.1 Å². The first kappa shape index (κ1) is 17.1. The minimum atomic E-state index is -3.82. The van der Waals surface area contributed by atoms with Crippen molar-refractivity contribution >= 4 is 10.0 Å². The quantitative estimate of drug-likeness (QED) is 0.863. The second-order valence-corrected chi connectivity index (χ2v) is 8.26. The molecule has 24 heavy (non-hydrogen) atoms. The molecule has 0 radical (unpaired) electrons. The molecule has 2 aromatic heterocycles. The first-order valence-electron chi connectivity index (χ1n) is 7.64. The van der Waals surface area contributed by atoms with Crippen LogP contribution in [0, 0.1) is 13.8 Å². The maximum absolute atomic E-state index is 12.8. The topological polar surface area (TPSA) is 123 Å². The van der Waals surface area contributed by atoms with Crippen LogP contribution in [0.1, 0.15) is 49.4 Å². The van der Waals surface area contributed by atoms with Gasteiger partial charge in [-0.25, -0.2) is 8.42 Å². The summed E-state index contributed by atoms with van der Waals surface area (Å²) in [5, 5.41) is 18.3. The van der Waals surface area contributed by atoms with Gasteiger partial charge >= 0.3 is 0 Å². The molecule has 10 heteroatoms. The third-order valence-electron chi connectivity index (χ3n) is 4.13. The van der Waals surface area contributed by atoms with Crippen molar-refractivity contribution in [1.29, 1.82) is 0 Å². The highest BCUT2D eigenvalue weighted by atomic mass is 32.2. The van der Waals surface area contributed by atoms with Crippen molar-refractivity contribution in [2.45, 2.75) is 50.5 Å². The van der Waals surface area contributed by atoms with Gasteiger partial charge in [0.2, 0.25) is 10.0 Å². The fraction of sp³-hybridized carbons (Fsp3) is 0.643. The Morgan fingerprint density at radius 2 is 1.96 bits per heavy atom. The van der Waals surface area contributed by atoms with E-state index in [1.807, 2.05) is 13.8 Å². The lowest BCUT2D eigenvalue weighted by molar-refractivity contribution is 0.0194. The molecule has 0 aromatic carbocycles. The molecule has 0 amide bonds. The number of aryl methyl sites for hydroxylation is 2. The van der Waals surface area contributed by atoms with Crippen LogP contribution in [0.4, 0.5) is 0 Å². The molecule has 0 aliphatic carbocycles. The van der Waals surface area contributed by atoms with Crippen LogP contribution in [-0.2, 0) is 15.6 Å². The lowest BCUT2D eigenvalue weighted by atomic mass is 10.0. The van der Waals surface area contributed by atoms with Crippen molar-refractivity contribution in [3.8, 4) is 0 Å². The molecule has 2 aromatic rings. The lowest BCUT2D eigenvalue weighted by Gasteiger charge is -2.19. The van der Waals surface area contributed by atoms with E-state index in [9.17, 15) is 13.5 Å². The number of β-amino-alcohol motifs (C(OH)–C–C–N with tert-alkyl or cyclic N) is 1. The maximum atomic E-state index is 12.8. The first-order valence-corrected chi connectivity index (χ1v) is 9.08. The molecule has 1 N–H and O–H groups in total. The van der Waals surface area contributed by atoms with Gasteiger partial charge in [0.1, 0.15) is 10.6 Å². The second kappa shape index (κ2) is 5.64. The van der Waals surface area contributed by atoms with Gasteiger partial charge in [-0.2, -0.15) is 9.29 Å². The zero-order chi connectivity index (χ0) is 17.7. The highest BCUT2D eigenvalue weighted by Crippen LogP contribution is 2.35. The Kier molecular flexibility index (Phi) is 4.01. The van der Waals surface area contributed by atoms with E-state index in [0.717, 1.165) is 0 Å². The van der Waals surface area contributed by atoms with E-state index in [0.29, 0.717) is 11.5 Å². The number of rotatable bonds is 4. The van der Waals surface area contributed by atoms with Gasteiger partial charge in [-0.05, 0) is 13.8 Å². The van der Waals surface area contributed by atoms with Crippen molar-refractivity contribution in [2.24, 2.45) is 0 Å². The normalized spacial score (nSPS) is 22.6. The average molecular weight is 356 g/mol. The number of sulfonamides is 1. The number of hydrogen-bond acceptors (Lipinski definition) is 8. The zero-order valence-corrected chi connectivity index (χ0v) is 14.8. The monoisotopic (exact) mass is 356 g/mol. The van der Waals surface area contributed by atoms with Crippen LogP contribution in [0.5, 0.6) is 0 Å². The molecule has 132 valence electrons. The van der Waals surface area contributed by atoms with E-state index in [-0.39, 0.29) is 42.0 Å². The highest BCUT2D eigenvalue weighted by molar-refractivity contribution is 7.89. The van der Waals surface area contributed by atoms with Crippen LogP contribution in [0.25, 0.3) is 0 Å². The van der Waals surface area contributed by atoms with Crippen LogP contribution in [-0.4, -0.2) is 46.2 Å². The maximum Gasteiger partial charge on any atom is 0.260 e. The van der Waals surface area contributed by atoms with Crippen LogP contribution >= 0.6 is 0 Å². The van der Waals surface area contributed by atoms with E-state index in [4.69, 9.17) is 9.05 Å². The summed E-state index contributed by atoms with van der Waals surface area (Å²) in [5.74, 6) is 0.797. The molecule has 1 saturated heterocycles. The summed E-state index contributed by atoms with van der Waals surface area (Å²) < 4.78 is 36.9. The van der Waals surface area contributed by atoms with Gasteiger partial charge in [0, 0.05) is 18.9 Å². The van der Waals surface area contributed by atoms with E-state index >= 15 is 0 Å². The van der Waals surface area contributed by atoms with E-state index < -0.39 is 15.6 Å². The van der Waals surface area contributed by atoms with Crippen molar-refractivity contribution in [3.05, 3.63) is 23.2 Å². The van der Waals surface area contributed by atoms with Crippen molar-refractivity contribution in [1.82, 2.24) is 19.6 Å². The third kappa shape index (κ3) is 2.64. The summed E-state index contributed by atoms with van der Waals surface area (Å²) in [4.78, 5) is 4.24. The Balaban J connectivity index is 1.89. The molecule has 1 aliphatic rings. The summed E-state index contributed by atoms with van der Waals surface area (Å²) in [6.07, 6.45) is 0.176. The molecule has 0 spiro atoms. The summed E-state index contributed by atoms with van der Waals surface area (Å²) >= 11 is 0. The minimum Gasteiger partial charge on any atom is -0.379 e. The molecule has 3 rings (SSSR count). The Bertz CT molecular complexity index is 837. The smallest absolute Gasteiger partial charge is 0.260 e. The minimum absolute atomic E-state index is 0.0418. The Labute approximate surface area is 139 Å². The van der Waals surface area contributed by atoms with E-state index in [1.54, 1.807) is 13.8 Å². The molecule has 1 fully saturated rings. The molecule has 1 aliphatic heterocycles. The Hall–Kier alpha value is -1.78. The molecule has 9 nitrogen and oxygen atoms in total. The van der Waals surface area contributed by atoms with Gasteiger partial charge in [0.05, 0.1) is 6.54 Å². The second-order valence-electron chi connectivity index (χ2n) is 6.39. The molecule has 1 unspecified atom stereocenters. The van der Waals surface area contributed by atoms with Gasteiger partial charge in [-0.3, -0.25) is 0 Å². The summed E-state index contributed by atoms with van der Waals surface area (Å²) in [6.45, 7) is 6.91. The number of aromatic nitrogens is 3. The van der Waals surface area contributed by atoms with Gasteiger partial charge in [-0.15, -0.1) is 0 Å². The summed E-state index contributed by atoms with van der Waals surface area (Å²) in [5.41, 5.74) is -1.20. The van der Waals surface area contributed by atoms with Gasteiger partial charge in [-0.1, -0.05) is 24.2 Å². The molecular weight excluding hydrogens is 336 g/mol. The van der Waals surface area contributed by atoms with Crippen LogP contribution < -0.4 is 0 Å². The van der Waals surface area contributed by atoms with Crippen LogP contribution in [0.3, 0.4) is 0 Å². The molecule has 0 saturated carbocycles. The predicted molar refractivity (Wildman–Crippen MR) is 81.6 cm³/mol. The summed E-state index contributed by atoms with van der Waals surface area (Å²) in [6, 6.07) is 0. The molecule has 0 bridgehead atoms. The zero-order valence-electron chi connectivity index (χ0n) is 14.0. The Morgan fingerprint density at radius 1 is 1.25 bits per heavy atom. The van der Waals surface area contributed by atoms with E-state index in [2.05, 4.69) is 15.3 Å². The number of hydrogen-bond donors (Lipinski definition) is 1. The van der Waals surface area contributed by atoms with E-state index in [1.165, 1.54) is 4.31 Å². The molecule has 3 heterocycles. The number of nitrogens with zero attached hydrogens (tertiary/aromatic N) is 4. The van der Waals surface area contributed by atoms with Gasteiger partial charge < -0.3 is 14.2 Å². The molecular formula is C14H20N4O5S. The van der Waals surface area contributed by atoms with Gasteiger partial charge in [0.25, 0.3) is 5.89 Å². The number of aliphatic hydroxyl groups is 1. The van der Waals surface area contributed by atoms with Crippen molar-refractivity contribution in [3.63, 3.8) is 0 Å². The fourth-order valence-electron chi connectivity index (χ4n) is 2.77. The van der Waals surface area contributed by atoms with Crippen LogP contribution in [0.15, 0.2) is 13.9 Å². The SMILES string of the molecule is Cc1noc(C)c1S(=O)(=O)N1CCC(O)(c2nc(C(C)C)no2)C1. The standard InChI is InChI=1S/C14H20N4O5S/c1-8(2)12-15-13(23-17-12)14(19)5-6-18(7-14)24(20,21)11-9(3)16-22-10(11)4/h8,19H,5-7H2,1-4H3. The fourth-order valence-corrected chi connectivity index (χ4v) is 4.55. The van der Waals surface area contributed by atoms with Gasteiger partial charge in [0.15, 0.2) is 17.2 Å². The first-order chi connectivity index (χ1) is 11.1. The molecule has 1 atom stereocenters. The average Bonchev–Trinajstić information content (AvgIpc) is 3.18. The Morgan fingerprint density at radius 3 is 2.50 bits per heavy atom. The summed E-state index contributed by atoms with van der Waals surface area (Å²) in [7, 11) is -3.82. The van der Waals surface area contributed by atoms with Crippen molar-refractivity contribution < 1.29 is 22.6 Å². The third-order valence-corrected chi connectivity index (χ3v) is 6.22. The highest BCUT2D eigenvalue weighted by Gasteiger charge is 2.47.